The van der Waals surface area contributed by atoms with Gasteiger partial charge in [0.2, 0.25) is 0 Å². The molecule has 2 aromatic rings. The highest BCUT2D eigenvalue weighted by molar-refractivity contribution is 9.10. The van der Waals surface area contributed by atoms with Gasteiger partial charge in [0.25, 0.3) is 5.91 Å². The van der Waals surface area contributed by atoms with Crippen molar-refractivity contribution in [3.8, 4) is 0 Å². The van der Waals surface area contributed by atoms with E-state index in [1.54, 1.807) is 24.5 Å². The lowest BCUT2D eigenvalue weighted by Gasteiger charge is -2.16. The van der Waals surface area contributed by atoms with Gasteiger partial charge in [-0.1, -0.05) is 15.9 Å². The molecule has 0 unspecified atom stereocenters. The highest BCUT2D eigenvalue weighted by Gasteiger charge is 2.13. The summed E-state index contributed by atoms with van der Waals surface area (Å²) in [6, 6.07) is 7.47. The molecule has 94 valence electrons. The van der Waals surface area contributed by atoms with Crippen LogP contribution in [0.15, 0.2) is 45.7 Å². The first-order chi connectivity index (χ1) is 8.58. The molecule has 1 amide bonds. The number of rotatable bonds is 3. The maximum Gasteiger partial charge on any atom is 0.253 e. The molecule has 0 aliphatic heterocycles. The first-order valence-electron chi connectivity index (χ1n) is 5.60. The van der Waals surface area contributed by atoms with Gasteiger partial charge in [-0.2, -0.15) is 0 Å². The number of halogens is 1. The third-order valence-corrected chi connectivity index (χ3v) is 3.64. The van der Waals surface area contributed by atoms with Gasteiger partial charge < -0.3 is 9.32 Å². The molecule has 4 heteroatoms. The van der Waals surface area contributed by atoms with Crippen LogP contribution < -0.4 is 0 Å². The van der Waals surface area contributed by atoms with E-state index >= 15 is 0 Å². The zero-order valence-electron chi connectivity index (χ0n) is 10.3. The molecular weight excluding hydrogens is 294 g/mol. The predicted molar refractivity (Wildman–Crippen MR) is 73.4 cm³/mol. The number of nitrogens with zero attached hydrogens (tertiary/aromatic N) is 1. The minimum Gasteiger partial charge on any atom is -0.472 e. The van der Waals surface area contributed by atoms with Crippen molar-refractivity contribution in [1.29, 1.82) is 0 Å². The topological polar surface area (TPSA) is 33.5 Å². The second-order valence-corrected chi connectivity index (χ2v) is 5.11. The number of carbonyl (C=O) groups is 1. The molecule has 0 saturated heterocycles. The Balaban J connectivity index is 2.12. The summed E-state index contributed by atoms with van der Waals surface area (Å²) in [5.41, 5.74) is 2.74. The van der Waals surface area contributed by atoms with Gasteiger partial charge in [0.15, 0.2) is 0 Å². The first-order valence-corrected chi connectivity index (χ1v) is 6.40. The normalized spacial score (nSPS) is 10.4. The van der Waals surface area contributed by atoms with Crippen molar-refractivity contribution >= 4 is 21.8 Å². The number of hydrogen-bond donors (Lipinski definition) is 0. The molecule has 1 aromatic heterocycles. The van der Waals surface area contributed by atoms with E-state index in [4.69, 9.17) is 4.42 Å². The molecule has 0 saturated carbocycles. The van der Waals surface area contributed by atoms with Crippen molar-refractivity contribution in [2.75, 3.05) is 7.05 Å². The molecule has 0 N–H and O–H groups in total. The minimum atomic E-state index is 0.00630. The molecule has 1 aromatic carbocycles. The molecule has 0 aliphatic rings. The number of benzene rings is 1. The number of aryl methyl sites for hydroxylation is 1. The molecule has 0 spiro atoms. The van der Waals surface area contributed by atoms with E-state index in [9.17, 15) is 4.79 Å². The van der Waals surface area contributed by atoms with Crippen LogP contribution in [0.25, 0.3) is 0 Å². The largest absolute Gasteiger partial charge is 0.472 e. The van der Waals surface area contributed by atoms with E-state index in [0.717, 1.165) is 15.6 Å². The Kier molecular flexibility index (Phi) is 3.87. The first kappa shape index (κ1) is 12.9. The Morgan fingerprint density at radius 1 is 1.39 bits per heavy atom. The minimum absolute atomic E-state index is 0.00630. The third kappa shape index (κ3) is 2.82. The van der Waals surface area contributed by atoms with Crippen LogP contribution in [0.3, 0.4) is 0 Å². The van der Waals surface area contributed by atoms with Gasteiger partial charge in [-0.15, -0.1) is 0 Å². The van der Waals surface area contributed by atoms with Crippen molar-refractivity contribution in [2.45, 2.75) is 13.5 Å². The van der Waals surface area contributed by atoms with Gasteiger partial charge in [0.05, 0.1) is 12.5 Å². The second kappa shape index (κ2) is 5.40. The smallest absolute Gasteiger partial charge is 0.253 e. The number of carbonyl (C=O) groups excluding carboxylic acids is 1. The van der Waals surface area contributed by atoms with E-state index in [2.05, 4.69) is 15.9 Å². The predicted octanol–water partition coefficient (Wildman–Crippen LogP) is 3.62. The second-order valence-electron chi connectivity index (χ2n) is 4.26. The maximum atomic E-state index is 12.2. The van der Waals surface area contributed by atoms with Crippen molar-refractivity contribution in [3.05, 3.63) is 58.0 Å². The molecule has 18 heavy (non-hydrogen) atoms. The molecule has 1 heterocycles. The zero-order chi connectivity index (χ0) is 13.1. The lowest BCUT2D eigenvalue weighted by Crippen LogP contribution is -2.26. The van der Waals surface area contributed by atoms with Crippen molar-refractivity contribution < 1.29 is 9.21 Å². The molecular formula is C14H14BrNO2. The Morgan fingerprint density at radius 3 is 2.78 bits per heavy atom. The highest BCUT2D eigenvalue weighted by atomic mass is 79.9. The maximum absolute atomic E-state index is 12.2. The van der Waals surface area contributed by atoms with Crippen molar-refractivity contribution in [3.63, 3.8) is 0 Å². The van der Waals surface area contributed by atoms with E-state index in [1.807, 2.05) is 31.2 Å². The van der Waals surface area contributed by atoms with Gasteiger partial charge in [-0.3, -0.25) is 4.79 Å². The number of furan rings is 1. The van der Waals surface area contributed by atoms with E-state index in [0.29, 0.717) is 12.1 Å². The Morgan fingerprint density at radius 2 is 2.17 bits per heavy atom. The van der Waals surface area contributed by atoms with Gasteiger partial charge >= 0.3 is 0 Å². The standard InChI is InChI=1S/C14H14BrNO2/c1-10-7-12(3-4-13(10)15)14(17)16(2)8-11-5-6-18-9-11/h3-7,9H,8H2,1-2H3. The zero-order valence-corrected chi connectivity index (χ0v) is 11.9. The van der Waals surface area contributed by atoms with Crippen molar-refractivity contribution in [1.82, 2.24) is 4.90 Å². The number of amides is 1. The van der Waals surface area contributed by atoms with Crippen LogP contribution in [0.5, 0.6) is 0 Å². The van der Waals surface area contributed by atoms with Crippen LogP contribution in [0, 0.1) is 6.92 Å². The Labute approximate surface area is 115 Å². The van der Waals surface area contributed by atoms with Crippen LogP contribution in [-0.4, -0.2) is 17.9 Å². The summed E-state index contributed by atoms with van der Waals surface area (Å²) in [7, 11) is 1.78. The molecule has 0 radical (unpaired) electrons. The monoisotopic (exact) mass is 307 g/mol. The quantitative estimate of drug-likeness (QED) is 0.867. The molecule has 0 atom stereocenters. The van der Waals surface area contributed by atoms with Crippen molar-refractivity contribution in [2.24, 2.45) is 0 Å². The van der Waals surface area contributed by atoms with Crippen LogP contribution in [0.2, 0.25) is 0 Å². The van der Waals surface area contributed by atoms with Crippen LogP contribution in [0.4, 0.5) is 0 Å². The molecule has 2 rings (SSSR count). The highest BCUT2D eigenvalue weighted by Crippen LogP contribution is 2.18. The molecule has 3 nitrogen and oxygen atoms in total. The Hall–Kier alpha value is -1.55. The summed E-state index contributed by atoms with van der Waals surface area (Å²) in [6.07, 6.45) is 3.26. The summed E-state index contributed by atoms with van der Waals surface area (Å²) in [5.74, 6) is 0.00630. The van der Waals surface area contributed by atoms with Crippen LogP contribution in [-0.2, 0) is 6.54 Å². The molecule has 0 bridgehead atoms. The summed E-state index contributed by atoms with van der Waals surface area (Å²) in [4.78, 5) is 13.9. The lowest BCUT2D eigenvalue weighted by molar-refractivity contribution is 0.0785. The summed E-state index contributed by atoms with van der Waals surface area (Å²) >= 11 is 3.43. The Bertz CT molecular complexity index is 549. The average Bonchev–Trinajstić information content (AvgIpc) is 2.84. The van der Waals surface area contributed by atoms with Crippen LogP contribution >= 0.6 is 15.9 Å². The summed E-state index contributed by atoms with van der Waals surface area (Å²) < 4.78 is 6.00. The third-order valence-electron chi connectivity index (χ3n) is 2.75. The summed E-state index contributed by atoms with van der Waals surface area (Å²) in [6.45, 7) is 2.52. The van der Waals surface area contributed by atoms with Gasteiger partial charge in [-0.05, 0) is 36.8 Å². The van der Waals surface area contributed by atoms with E-state index in [-0.39, 0.29) is 5.91 Å². The fraction of sp³-hybridized carbons (Fsp3) is 0.214. The fourth-order valence-corrected chi connectivity index (χ4v) is 1.97. The SMILES string of the molecule is Cc1cc(C(=O)N(C)Cc2ccoc2)ccc1Br. The molecule has 0 fully saturated rings. The average molecular weight is 308 g/mol. The van der Waals surface area contributed by atoms with Crippen LogP contribution in [0.1, 0.15) is 21.5 Å². The molecule has 0 aliphatic carbocycles. The van der Waals surface area contributed by atoms with E-state index < -0.39 is 0 Å². The lowest BCUT2D eigenvalue weighted by atomic mass is 10.1. The number of hydrogen-bond acceptors (Lipinski definition) is 2. The van der Waals surface area contributed by atoms with Gasteiger partial charge in [-0.25, -0.2) is 0 Å². The van der Waals surface area contributed by atoms with E-state index in [1.165, 1.54) is 0 Å². The fourth-order valence-electron chi connectivity index (χ4n) is 1.73. The van der Waals surface area contributed by atoms with Gasteiger partial charge in [0, 0.05) is 29.2 Å². The van der Waals surface area contributed by atoms with Gasteiger partial charge in [0.1, 0.15) is 0 Å². The summed E-state index contributed by atoms with van der Waals surface area (Å²) in [5, 5.41) is 0.